The number of alkyl halides is 3. The third-order valence-corrected chi connectivity index (χ3v) is 4.68. The fraction of sp³-hybridized carbons (Fsp3) is 0.611. The summed E-state index contributed by atoms with van der Waals surface area (Å²) in [7, 11) is 0. The van der Waals surface area contributed by atoms with Gasteiger partial charge in [0.1, 0.15) is 5.75 Å². The second-order valence-corrected chi connectivity index (χ2v) is 6.59. The molecule has 0 amide bonds. The van der Waals surface area contributed by atoms with Crippen LogP contribution < -0.4 is 10.1 Å². The first-order valence-electron chi connectivity index (χ1n) is 8.59. The summed E-state index contributed by atoms with van der Waals surface area (Å²) in [6.07, 6.45) is -0.376. The lowest BCUT2D eigenvalue weighted by Gasteiger charge is -2.39. The molecule has 1 atom stereocenters. The third-order valence-electron chi connectivity index (χ3n) is 4.68. The van der Waals surface area contributed by atoms with E-state index in [-0.39, 0.29) is 23.6 Å². The summed E-state index contributed by atoms with van der Waals surface area (Å²) in [4.78, 5) is 11.3. The average molecular weight is 359 g/mol. The van der Waals surface area contributed by atoms with Gasteiger partial charge in [-0.2, -0.15) is 0 Å². The highest BCUT2D eigenvalue weighted by Crippen LogP contribution is 2.37. The Bertz CT molecular complexity index is 554. The summed E-state index contributed by atoms with van der Waals surface area (Å²) in [6, 6.07) is 6.02. The molecule has 2 rings (SSSR count). The van der Waals surface area contributed by atoms with Crippen LogP contribution in [0.25, 0.3) is 0 Å². The Balaban J connectivity index is 1.74. The first-order chi connectivity index (χ1) is 11.8. The minimum atomic E-state index is -4.68. The van der Waals surface area contributed by atoms with Crippen molar-refractivity contribution in [2.45, 2.75) is 58.0 Å². The van der Waals surface area contributed by atoms with E-state index in [0.717, 1.165) is 37.7 Å². The molecule has 0 heterocycles. The highest BCUT2D eigenvalue weighted by atomic mass is 19.4. The zero-order valence-electron chi connectivity index (χ0n) is 14.2. The summed E-state index contributed by atoms with van der Waals surface area (Å²) in [5.41, 5.74) is 0.860. The van der Waals surface area contributed by atoms with Crippen molar-refractivity contribution in [3.63, 3.8) is 0 Å². The Morgan fingerprint density at radius 3 is 2.48 bits per heavy atom. The number of carboxylic acids is 1. The topological polar surface area (TPSA) is 58.6 Å². The summed E-state index contributed by atoms with van der Waals surface area (Å²) < 4.78 is 40.2. The van der Waals surface area contributed by atoms with E-state index in [1.54, 1.807) is 12.1 Å². The van der Waals surface area contributed by atoms with E-state index in [1.807, 2.05) is 0 Å². The van der Waals surface area contributed by atoms with Crippen LogP contribution in [0.1, 0.15) is 44.6 Å². The predicted molar refractivity (Wildman–Crippen MR) is 87.1 cm³/mol. The summed E-state index contributed by atoms with van der Waals surface area (Å²) >= 11 is 0. The molecular formula is C18H24F3NO3. The van der Waals surface area contributed by atoms with Crippen LogP contribution in [0.15, 0.2) is 24.3 Å². The van der Waals surface area contributed by atoms with Gasteiger partial charge in [-0.1, -0.05) is 31.9 Å². The van der Waals surface area contributed by atoms with Crippen molar-refractivity contribution in [3.8, 4) is 5.75 Å². The zero-order chi connectivity index (χ0) is 18.4. The third kappa shape index (κ3) is 6.23. The van der Waals surface area contributed by atoms with Crippen LogP contribution in [0.5, 0.6) is 5.75 Å². The van der Waals surface area contributed by atoms with Gasteiger partial charge >= 0.3 is 12.3 Å². The van der Waals surface area contributed by atoms with Crippen molar-refractivity contribution < 1.29 is 27.8 Å². The molecule has 0 bridgehead atoms. The van der Waals surface area contributed by atoms with E-state index in [1.165, 1.54) is 12.1 Å². The second kappa shape index (κ2) is 8.56. The highest BCUT2D eigenvalue weighted by molar-refractivity contribution is 5.70. The number of ether oxygens (including phenoxy) is 1. The number of hydrogen-bond acceptors (Lipinski definition) is 3. The number of unbranched alkanes of at least 4 members (excludes halogenated alkanes) is 1. The fourth-order valence-corrected chi connectivity index (χ4v) is 3.21. The number of aliphatic carboxylic acids is 1. The lowest BCUT2D eigenvalue weighted by atomic mass is 9.70. The van der Waals surface area contributed by atoms with Crippen LogP contribution in [0.2, 0.25) is 0 Å². The Hall–Kier alpha value is -1.76. The molecule has 0 radical (unpaired) electrons. The highest BCUT2D eigenvalue weighted by Gasteiger charge is 2.37. The van der Waals surface area contributed by atoms with E-state index in [4.69, 9.17) is 0 Å². The monoisotopic (exact) mass is 359 g/mol. The maximum absolute atomic E-state index is 12.1. The van der Waals surface area contributed by atoms with E-state index < -0.39 is 12.3 Å². The molecule has 7 heteroatoms. The molecule has 1 aromatic rings. The quantitative estimate of drug-likeness (QED) is 0.688. The molecule has 0 saturated heterocycles. The molecule has 0 spiro atoms. The van der Waals surface area contributed by atoms with Crippen molar-refractivity contribution in [2.75, 3.05) is 0 Å². The lowest BCUT2D eigenvalue weighted by molar-refractivity contribution is -0.274. The van der Waals surface area contributed by atoms with Crippen LogP contribution >= 0.6 is 0 Å². The van der Waals surface area contributed by atoms with Crippen molar-refractivity contribution >= 4 is 5.97 Å². The minimum Gasteiger partial charge on any atom is -0.481 e. The maximum Gasteiger partial charge on any atom is 0.573 e. The molecule has 1 fully saturated rings. The van der Waals surface area contributed by atoms with E-state index in [9.17, 15) is 23.1 Å². The molecule has 140 valence electrons. The van der Waals surface area contributed by atoms with Crippen LogP contribution in [0.3, 0.4) is 0 Å². The standard InChI is InChI=1S/C18H24F3NO3/c1-2-3-4-16(17(23)24)13-9-14(10-13)22-11-12-5-7-15(8-6-12)25-18(19,20)21/h5-8,13-14,16,22H,2-4,9-11H2,1H3,(H,23,24). The normalized spacial score (nSPS) is 21.4. The van der Waals surface area contributed by atoms with Gasteiger partial charge in [0, 0.05) is 12.6 Å². The smallest absolute Gasteiger partial charge is 0.481 e. The van der Waals surface area contributed by atoms with Gasteiger partial charge in [0.2, 0.25) is 0 Å². The maximum atomic E-state index is 12.1. The van der Waals surface area contributed by atoms with Crippen LogP contribution in [0, 0.1) is 11.8 Å². The lowest BCUT2D eigenvalue weighted by Crippen LogP contribution is -2.45. The fourth-order valence-electron chi connectivity index (χ4n) is 3.21. The van der Waals surface area contributed by atoms with Gasteiger partial charge in [0.15, 0.2) is 0 Å². The summed E-state index contributed by atoms with van der Waals surface area (Å²) in [5.74, 6) is -1.00. The molecule has 1 aliphatic rings. The number of halogens is 3. The SMILES string of the molecule is CCCCC(C(=O)O)C1CC(NCc2ccc(OC(F)(F)F)cc2)C1. The largest absolute Gasteiger partial charge is 0.573 e. The average Bonchev–Trinajstić information content (AvgIpc) is 2.48. The predicted octanol–water partition coefficient (Wildman–Crippen LogP) is 4.34. The summed E-state index contributed by atoms with van der Waals surface area (Å²) in [6.45, 7) is 2.59. The molecule has 1 unspecified atom stereocenters. The van der Waals surface area contributed by atoms with E-state index in [0.29, 0.717) is 6.54 Å². The Kier molecular flexibility index (Phi) is 6.70. The molecule has 1 aromatic carbocycles. The van der Waals surface area contributed by atoms with Crippen LogP contribution in [0.4, 0.5) is 13.2 Å². The molecular weight excluding hydrogens is 335 g/mol. The van der Waals surface area contributed by atoms with Crippen molar-refractivity contribution in [3.05, 3.63) is 29.8 Å². The van der Waals surface area contributed by atoms with E-state index in [2.05, 4.69) is 17.0 Å². The van der Waals surface area contributed by atoms with Gasteiger partial charge in [-0.05, 0) is 42.9 Å². The summed E-state index contributed by atoms with van der Waals surface area (Å²) in [5, 5.41) is 12.7. The molecule has 0 aromatic heterocycles. The van der Waals surface area contributed by atoms with Gasteiger partial charge in [0.25, 0.3) is 0 Å². The molecule has 2 N–H and O–H groups in total. The molecule has 0 aliphatic heterocycles. The Labute approximate surface area is 145 Å². The molecule has 1 saturated carbocycles. The second-order valence-electron chi connectivity index (χ2n) is 6.59. The number of nitrogens with one attached hydrogen (secondary N) is 1. The van der Waals surface area contributed by atoms with Crippen molar-refractivity contribution in [1.29, 1.82) is 0 Å². The number of benzene rings is 1. The number of rotatable bonds is 9. The van der Waals surface area contributed by atoms with Crippen molar-refractivity contribution in [1.82, 2.24) is 5.32 Å². The van der Waals surface area contributed by atoms with Crippen LogP contribution in [-0.4, -0.2) is 23.5 Å². The van der Waals surface area contributed by atoms with E-state index >= 15 is 0 Å². The number of carboxylic acid groups (broad SMARTS) is 1. The number of hydrogen-bond donors (Lipinski definition) is 2. The van der Waals surface area contributed by atoms with Gasteiger partial charge in [0.05, 0.1) is 5.92 Å². The van der Waals surface area contributed by atoms with Gasteiger partial charge in [-0.25, -0.2) is 0 Å². The van der Waals surface area contributed by atoms with Crippen molar-refractivity contribution in [2.24, 2.45) is 11.8 Å². The van der Waals surface area contributed by atoms with Gasteiger partial charge in [-0.15, -0.1) is 13.2 Å². The zero-order valence-corrected chi connectivity index (χ0v) is 14.2. The molecule has 4 nitrogen and oxygen atoms in total. The van der Waals surface area contributed by atoms with Gasteiger partial charge < -0.3 is 15.2 Å². The Morgan fingerprint density at radius 1 is 1.32 bits per heavy atom. The number of carbonyl (C=O) groups is 1. The molecule has 25 heavy (non-hydrogen) atoms. The van der Waals surface area contributed by atoms with Crippen LogP contribution in [-0.2, 0) is 11.3 Å². The first kappa shape index (κ1) is 19.6. The molecule has 1 aliphatic carbocycles. The first-order valence-corrected chi connectivity index (χ1v) is 8.59. The van der Waals surface area contributed by atoms with Gasteiger partial charge in [-0.3, -0.25) is 4.79 Å². The minimum absolute atomic E-state index is 0.212. The Morgan fingerprint density at radius 2 is 1.96 bits per heavy atom.